The van der Waals surface area contributed by atoms with Crippen LogP contribution in [0.5, 0.6) is 0 Å². The van der Waals surface area contributed by atoms with Crippen molar-refractivity contribution in [3.05, 3.63) is 72.6 Å². The predicted octanol–water partition coefficient (Wildman–Crippen LogP) is 7.80. The Morgan fingerprint density at radius 2 is 1.72 bits per heavy atom. The second kappa shape index (κ2) is 11.3. The first kappa shape index (κ1) is 28.8. The average Bonchev–Trinajstić information content (AvgIpc) is 3.55. The quantitative estimate of drug-likeness (QED) is 0.294. The first-order chi connectivity index (χ1) is 16.7. The van der Waals surface area contributed by atoms with Gasteiger partial charge in [0.05, 0.1) is 26.5 Å². The standard InChI is InChI=1S/C25H23BrCl3F3N2O2/c1-13(2)12-33-23(36)24(7-8-24)34-22(35)16-5-3-14(9-18(16)26)4-6-17(25(30,31)32)15-10-19(27)21(29)20(28)11-15/h3-6,9-11,13,17H,7-8,12H2,1-2H3,(H,33,36)(H,34,35)/b6-4+. The van der Waals surface area contributed by atoms with Gasteiger partial charge in [-0.2, -0.15) is 13.2 Å². The summed E-state index contributed by atoms with van der Waals surface area (Å²) in [5.74, 6) is -2.37. The Morgan fingerprint density at radius 1 is 1.11 bits per heavy atom. The van der Waals surface area contributed by atoms with E-state index in [-0.39, 0.29) is 38.0 Å². The Kier molecular flexibility index (Phi) is 9.08. The van der Waals surface area contributed by atoms with Gasteiger partial charge >= 0.3 is 6.18 Å². The third-order valence-electron chi connectivity index (χ3n) is 5.65. The van der Waals surface area contributed by atoms with Gasteiger partial charge in [-0.05, 0) is 70.1 Å². The van der Waals surface area contributed by atoms with Crippen LogP contribution in [-0.4, -0.2) is 30.1 Å². The summed E-state index contributed by atoms with van der Waals surface area (Å²) in [5.41, 5.74) is -0.391. The number of alkyl halides is 3. The third-order valence-corrected chi connectivity index (χ3v) is 7.50. The normalized spacial score (nSPS) is 15.7. The van der Waals surface area contributed by atoms with Crippen LogP contribution in [0.3, 0.4) is 0 Å². The Hall–Kier alpha value is -1.74. The van der Waals surface area contributed by atoms with Crippen LogP contribution < -0.4 is 10.6 Å². The highest BCUT2D eigenvalue weighted by Crippen LogP contribution is 2.41. The molecule has 0 aliphatic heterocycles. The van der Waals surface area contributed by atoms with E-state index in [4.69, 9.17) is 34.8 Å². The number of hydrogen-bond donors (Lipinski definition) is 2. The summed E-state index contributed by atoms with van der Waals surface area (Å²) in [5, 5.41) is 5.46. The summed E-state index contributed by atoms with van der Waals surface area (Å²) in [7, 11) is 0. The van der Waals surface area contributed by atoms with Gasteiger partial charge in [0.15, 0.2) is 0 Å². The number of amides is 2. The minimum Gasteiger partial charge on any atom is -0.354 e. The van der Waals surface area contributed by atoms with Crippen molar-refractivity contribution in [2.45, 2.75) is 44.3 Å². The molecule has 0 heterocycles. The molecule has 2 N–H and O–H groups in total. The SMILES string of the molecule is CC(C)CNC(=O)C1(NC(=O)c2ccc(/C=C/C(c3cc(Cl)c(Cl)c(Cl)c3)C(F)(F)F)cc2Br)CC1. The highest BCUT2D eigenvalue weighted by atomic mass is 79.9. The van der Waals surface area contributed by atoms with Crippen molar-refractivity contribution in [3.63, 3.8) is 0 Å². The number of carbonyl (C=O) groups excluding carboxylic acids is 2. The van der Waals surface area contributed by atoms with Gasteiger partial charge in [-0.15, -0.1) is 0 Å². The lowest BCUT2D eigenvalue weighted by atomic mass is 9.97. The van der Waals surface area contributed by atoms with Gasteiger partial charge in [0.1, 0.15) is 5.54 Å². The largest absolute Gasteiger partial charge is 0.399 e. The molecule has 0 spiro atoms. The van der Waals surface area contributed by atoms with Crippen molar-refractivity contribution >= 4 is 68.6 Å². The number of benzene rings is 2. The molecule has 1 atom stereocenters. The van der Waals surface area contributed by atoms with Crippen molar-refractivity contribution < 1.29 is 22.8 Å². The zero-order valence-electron chi connectivity index (χ0n) is 19.3. The molecular weight excluding hydrogens is 604 g/mol. The minimum absolute atomic E-state index is 0.0184. The zero-order valence-corrected chi connectivity index (χ0v) is 23.1. The van der Waals surface area contributed by atoms with Crippen molar-refractivity contribution in [1.82, 2.24) is 10.6 Å². The number of allylic oxidation sites excluding steroid dienone is 1. The molecule has 1 aliphatic carbocycles. The molecule has 1 fully saturated rings. The van der Waals surface area contributed by atoms with Crippen LogP contribution in [0.15, 0.2) is 40.9 Å². The first-order valence-corrected chi connectivity index (χ1v) is 13.0. The lowest BCUT2D eigenvalue weighted by molar-refractivity contribution is -0.139. The molecule has 0 bridgehead atoms. The number of rotatable bonds is 8. The number of carbonyl (C=O) groups is 2. The Bertz CT molecular complexity index is 1170. The predicted molar refractivity (Wildman–Crippen MR) is 141 cm³/mol. The molecule has 1 unspecified atom stereocenters. The highest BCUT2D eigenvalue weighted by Gasteiger charge is 2.51. The van der Waals surface area contributed by atoms with E-state index in [0.717, 1.165) is 18.2 Å². The second-order valence-corrected chi connectivity index (χ2v) is 11.1. The molecule has 0 saturated heterocycles. The maximum Gasteiger partial charge on any atom is 0.399 e. The highest BCUT2D eigenvalue weighted by molar-refractivity contribution is 9.10. The van der Waals surface area contributed by atoms with Gasteiger partial charge < -0.3 is 10.6 Å². The Balaban J connectivity index is 1.77. The fourth-order valence-electron chi connectivity index (χ4n) is 3.47. The molecule has 2 amide bonds. The van der Waals surface area contributed by atoms with Crippen LogP contribution in [-0.2, 0) is 4.79 Å². The fourth-order valence-corrected chi connectivity index (χ4v) is 4.66. The summed E-state index contributed by atoms with van der Waals surface area (Å²) in [6.45, 7) is 4.46. The van der Waals surface area contributed by atoms with Gasteiger partial charge in [-0.25, -0.2) is 0 Å². The molecule has 1 aliphatic rings. The summed E-state index contributed by atoms with van der Waals surface area (Å²) in [6.07, 6.45) is -1.25. The molecule has 36 heavy (non-hydrogen) atoms. The van der Waals surface area contributed by atoms with E-state index >= 15 is 0 Å². The average molecular weight is 627 g/mol. The molecule has 0 radical (unpaired) electrons. The van der Waals surface area contributed by atoms with Gasteiger partial charge in [0.25, 0.3) is 5.91 Å². The third kappa shape index (κ3) is 6.97. The smallest absolute Gasteiger partial charge is 0.354 e. The fraction of sp³-hybridized carbons (Fsp3) is 0.360. The molecule has 194 valence electrons. The molecule has 0 aromatic heterocycles. The number of nitrogens with one attached hydrogen (secondary N) is 2. The monoisotopic (exact) mass is 624 g/mol. The van der Waals surface area contributed by atoms with E-state index in [2.05, 4.69) is 26.6 Å². The molecule has 2 aromatic carbocycles. The molecule has 1 saturated carbocycles. The minimum atomic E-state index is -4.61. The van der Waals surface area contributed by atoms with Crippen LogP contribution >= 0.6 is 50.7 Å². The molecule has 3 rings (SSSR count). The van der Waals surface area contributed by atoms with Gasteiger partial charge in [-0.3, -0.25) is 9.59 Å². The topological polar surface area (TPSA) is 58.2 Å². The van der Waals surface area contributed by atoms with Crippen LogP contribution in [0.1, 0.15) is 54.1 Å². The first-order valence-electron chi connectivity index (χ1n) is 11.0. The number of hydrogen-bond acceptors (Lipinski definition) is 2. The van der Waals surface area contributed by atoms with E-state index in [9.17, 15) is 22.8 Å². The van der Waals surface area contributed by atoms with Crippen molar-refractivity contribution in [2.24, 2.45) is 5.92 Å². The summed E-state index contributed by atoms with van der Waals surface area (Å²) in [4.78, 5) is 25.3. The Labute approximate surface area is 230 Å². The maximum atomic E-state index is 13.8. The van der Waals surface area contributed by atoms with Crippen LogP contribution in [0.2, 0.25) is 15.1 Å². The Morgan fingerprint density at radius 3 is 2.22 bits per heavy atom. The summed E-state index contributed by atoms with van der Waals surface area (Å²) >= 11 is 21.0. The van der Waals surface area contributed by atoms with Crippen molar-refractivity contribution in [1.29, 1.82) is 0 Å². The van der Waals surface area contributed by atoms with E-state index < -0.39 is 23.5 Å². The van der Waals surface area contributed by atoms with Gasteiger partial charge in [0.2, 0.25) is 5.91 Å². The maximum absolute atomic E-state index is 13.8. The van der Waals surface area contributed by atoms with Crippen LogP contribution in [0, 0.1) is 5.92 Å². The number of halogens is 7. The van der Waals surface area contributed by atoms with Crippen molar-refractivity contribution in [2.75, 3.05) is 6.54 Å². The second-order valence-electron chi connectivity index (χ2n) is 9.06. The van der Waals surface area contributed by atoms with Gasteiger partial charge in [-0.1, -0.05) is 66.9 Å². The lowest BCUT2D eigenvalue weighted by Gasteiger charge is -2.19. The molecule has 2 aromatic rings. The molecule has 4 nitrogen and oxygen atoms in total. The molecule has 11 heteroatoms. The van der Waals surface area contributed by atoms with Crippen LogP contribution in [0.25, 0.3) is 6.08 Å². The van der Waals surface area contributed by atoms with E-state index in [1.807, 2.05) is 13.8 Å². The summed E-state index contributed by atoms with van der Waals surface area (Å²) < 4.78 is 41.7. The van der Waals surface area contributed by atoms with E-state index in [0.29, 0.717) is 29.4 Å². The van der Waals surface area contributed by atoms with Crippen molar-refractivity contribution in [3.8, 4) is 0 Å². The van der Waals surface area contributed by atoms with Crippen LogP contribution in [0.4, 0.5) is 13.2 Å². The van der Waals surface area contributed by atoms with E-state index in [1.54, 1.807) is 0 Å². The molecular formula is C25H23BrCl3F3N2O2. The zero-order chi connectivity index (χ0) is 26.8. The van der Waals surface area contributed by atoms with Gasteiger partial charge in [0, 0.05) is 11.0 Å². The lowest BCUT2D eigenvalue weighted by Crippen LogP contribution is -2.49. The summed E-state index contributed by atoms with van der Waals surface area (Å²) in [6, 6.07) is 6.79. The van der Waals surface area contributed by atoms with E-state index in [1.165, 1.54) is 24.3 Å².